The Labute approximate surface area is 194 Å². The summed E-state index contributed by atoms with van der Waals surface area (Å²) in [5.41, 5.74) is 5.43. The minimum Gasteiger partial charge on any atom is -0.308 e. The Kier molecular flexibility index (Phi) is 3.93. The Morgan fingerprint density at radius 3 is 1.50 bits per heavy atom. The van der Waals surface area contributed by atoms with Crippen LogP contribution in [0, 0.1) is 0 Å². The number of pyridine rings is 1. The topological polar surface area (TPSA) is 52.7 Å². The van der Waals surface area contributed by atoms with E-state index < -0.39 is 0 Å². The van der Waals surface area contributed by atoms with E-state index in [2.05, 4.69) is 28.8 Å². The molecule has 0 aliphatic heterocycles. The average Bonchev–Trinajstić information content (AvgIpc) is 3.33. The van der Waals surface area contributed by atoms with Crippen LogP contribution in [0.25, 0.3) is 55.0 Å². The lowest BCUT2D eigenvalue weighted by atomic mass is 10.0. The number of para-hydroxylation sites is 2. The maximum absolute atomic E-state index is 13.2. The summed E-state index contributed by atoms with van der Waals surface area (Å²) in [7, 11) is 0. The molecule has 7 rings (SSSR count). The summed E-state index contributed by atoms with van der Waals surface area (Å²) >= 11 is 0. The van der Waals surface area contributed by atoms with Gasteiger partial charge in [0.1, 0.15) is 11.0 Å². The van der Waals surface area contributed by atoms with Crippen LogP contribution in [-0.2, 0) is 0 Å². The Morgan fingerprint density at radius 2 is 0.912 bits per heavy atom. The fourth-order valence-electron chi connectivity index (χ4n) is 4.86. The van der Waals surface area contributed by atoms with Crippen LogP contribution in [0.1, 0.15) is 0 Å². The van der Waals surface area contributed by atoms with Gasteiger partial charge in [-0.1, -0.05) is 60.7 Å². The van der Waals surface area contributed by atoms with Crippen molar-refractivity contribution in [3.05, 3.63) is 119 Å². The van der Waals surface area contributed by atoms with Crippen LogP contribution in [0.4, 0.5) is 0 Å². The third kappa shape index (κ3) is 2.64. The number of aromatic nitrogens is 4. The molecule has 2 aromatic heterocycles. The van der Waals surface area contributed by atoms with Crippen molar-refractivity contribution in [1.82, 2.24) is 19.6 Å². The van der Waals surface area contributed by atoms with E-state index in [9.17, 15) is 4.79 Å². The minimum atomic E-state index is 0.0517. The first-order valence-electron chi connectivity index (χ1n) is 11.2. The van der Waals surface area contributed by atoms with Crippen molar-refractivity contribution in [2.24, 2.45) is 0 Å². The third-order valence-electron chi connectivity index (χ3n) is 6.40. The number of rotatable bonds is 2. The Balaban J connectivity index is 1.60. The van der Waals surface area contributed by atoms with Gasteiger partial charge in [0.15, 0.2) is 5.43 Å². The molecule has 5 aromatic carbocycles. The average molecular weight is 438 g/mol. The molecule has 0 fully saturated rings. The lowest BCUT2D eigenvalue weighted by Gasteiger charge is -2.18. The molecule has 34 heavy (non-hydrogen) atoms. The molecule has 0 N–H and O–H groups in total. The maximum Gasteiger partial charge on any atom is 0.197 e. The van der Waals surface area contributed by atoms with Crippen molar-refractivity contribution in [3.63, 3.8) is 0 Å². The van der Waals surface area contributed by atoms with Crippen LogP contribution >= 0.6 is 0 Å². The Bertz CT molecular complexity index is 1860. The summed E-state index contributed by atoms with van der Waals surface area (Å²) in [6.07, 6.45) is 0. The van der Waals surface area contributed by atoms with Gasteiger partial charge >= 0.3 is 0 Å². The molecule has 160 valence electrons. The van der Waals surface area contributed by atoms with Crippen LogP contribution < -0.4 is 5.43 Å². The fraction of sp³-hybridized carbons (Fsp3) is 0. The molecule has 5 heteroatoms. The lowest BCUT2D eigenvalue weighted by molar-refractivity contribution is 0.771. The van der Waals surface area contributed by atoms with Crippen LogP contribution in [0.5, 0.6) is 0 Å². The summed E-state index contributed by atoms with van der Waals surface area (Å²) in [6, 6.07) is 35.9. The number of hydrogen-bond donors (Lipinski definition) is 0. The zero-order valence-electron chi connectivity index (χ0n) is 18.1. The second-order valence-electron chi connectivity index (χ2n) is 8.33. The first-order chi connectivity index (χ1) is 16.8. The molecule has 0 amide bonds. The molecule has 5 nitrogen and oxygen atoms in total. The van der Waals surface area contributed by atoms with Gasteiger partial charge in [-0.15, -0.1) is 15.0 Å². The first kappa shape index (κ1) is 18.8. The summed E-state index contributed by atoms with van der Waals surface area (Å²) < 4.78 is 2.19. The SMILES string of the molecule is O=c1c2ccccc2n(-c2ccc(-n3nc4ccccc4n3)c3ccccc23)c2ccccc12. The van der Waals surface area contributed by atoms with Crippen LogP contribution in [0.2, 0.25) is 0 Å². The molecule has 0 unspecified atom stereocenters. The lowest BCUT2D eigenvalue weighted by Crippen LogP contribution is -2.11. The van der Waals surface area contributed by atoms with E-state index in [1.807, 2.05) is 84.9 Å². The van der Waals surface area contributed by atoms with E-state index in [1.54, 1.807) is 4.80 Å². The van der Waals surface area contributed by atoms with Gasteiger partial charge in [-0.05, 0) is 48.5 Å². The molecule has 2 heterocycles. The number of hydrogen-bond acceptors (Lipinski definition) is 3. The molecule has 0 spiro atoms. The molecule has 0 radical (unpaired) electrons. The quantitative estimate of drug-likeness (QED) is 0.310. The van der Waals surface area contributed by atoms with Gasteiger partial charge in [0.05, 0.1) is 22.4 Å². The smallest absolute Gasteiger partial charge is 0.197 e. The van der Waals surface area contributed by atoms with Gasteiger partial charge in [-0.3, -0.25) is 4.79 Å². The summed E-state index contributed by atoms with van der Waals surface area (Å²) in [5, 5.41) is 12.9. The Morgan fingerprint density at radius 1 is 0.471 bits per heavy atom. The molecule has 0 aliphatic carbocycles. The van der Waals surface area contributed by atoms with E-state index in [4.69, 9.17) is 10.2 Å². The maximum atomic E-state index is 13.2. The highest BCUT2D eigenvalue weighted by molar-refractivity contribution is 6.01. The van der Waals surface area contributed by atoms with E-state index in [1.165, 1.54) is 0 Å². The van der Waals surface area contributed by atoms with Crippen LogP contribution in [0.3, 0.4) is 0 Å². The van der Waals surface area contributed by atoms with E-state index in [0.717, 1.165) is 44.2 Å². The molecule has 0 saturated carbocycles. The van der Waals surface area contributed by atoms with Crippen molar-refractivity contribution in [2.75, 3.05) is 0 Å². The van der Waals surface area contributed by atoms with Crippen molar-refractivity contribution < 1.29 is 0 Å². The zero-order chi connectivity index (χ0) is 22.6. The zero-order valence-corrected chi connectivity index (χ0v) is 18.1. The van der Waals surface area contributed by atoms with Crippen LogP contribution in [-0.4, -0.2) is 19.6 Å². The molecule has 0 atom stereocenters. The number of benzene rings is 5. The number of fused-ring (bicyclic) bond motifs is 4. The number of nitrogens with zero attached hydrogens (tertiary/aromatic N) is 4. The second-order valence-corrected chi connectivity index (χ2v) is 8.33. The van der Waals surface area contributed by atoms with E-state index >= 15 is 0 Å². The van der Waals surface area contributed by atoms with Gasteiger partial charge < -0.3 is 4.57 Å². The van der Waals surface area contributed by atoms with Crippen molar-refractivity contribution in [2.45, 2.75) is 0 Å². The molecule has 7 aromatic rings. The van der Waals surface area contributed by atoms with E-state index in [0.29, 0.717) is 10.8 Å². The van der Waals surface area contributed by atoms with Gasteiger partial charge in [-0.2, -0.15) is 0 Å². The van der Waals surface area contributed by atoms with Gasteiger partial charge in [-0.25, -0.2) is 0 Å². The fourth-order valence-corrected chi connectivity index (χ4v) is 4.86. The van der Waals surface area contributed by atoms with Gasteiger partial charge in [0, 0.05) is 21.5 Å². The molecule has 0 bridgehead atoms. The predicted molar refractivity (Wildman–Crippen MR) is 137 cm³/mol. The van der Waals surface area contributed by atoms with Crippen LogP contribution in [0.15, 0.2) is 114 Å². The van der Waals surface area contributed by atoms with Crippen molar-refractivity contribution >= 4 is 43.6 Å². The largest absolute Gasteiger partial charge is 0.308 e. The third-order valence-corrected chi connectivity index (χ3v) is 6.40. The highest BCUT2D eigenvalue weighted by Crippen LogP contribution is 2.32. The van der Waals surface area contributed by atoms with Crippen molar-refractivity contribution in [1.29, 1.82) is 0 Å². The van der Waals surface area contributed by atoms with Crippen molar-refractivity contribution in [3.8, 4) is 11.4 Å². The summed E-state index contributed by atoms with van der Waals surface area (Å²) in [5.74, 6) is 0. The predicted octanol–water partition coefficient (Wildman–Crippen LogP) is 6.03. The first-order valence-corrected chi connectivity index (χ1v) is 11.2. The highest BCUT2D eigenvalue weighted by Gasteiger charge is 2.16. The normalized spacial score (nSPS) is 11.6. The molecular formula is C29H18N4O. The highest BCUT2D eigenvalue weighted by atomic mass is 16.1. The van der Waals surface area contributed by atoms with Gasteiger partial charge in [0.2, 0.25) is 0 Å². The second kappa shape index (κ2) is 7.12. The van der Waals surface area contributed by atoms with Gasteiger partial charge in [0.25, 0.3) is 0 Å². The Hall–Kier alpha value is -4.77. The van der Waals surface area contributed by atoms with E-state index in [-0.39, 0.29) is 5.43 Å². The summed E-state index contributed by atoms with van der Waals surface area (Å²) in [6.45, 7) is 0. The molecular weight excluding hydrogens is 420 g/mol. The molecule has 0 aliphatic rings. The molecule has 0 saturated heterocycles. The minimum absolute atomic E-state index is 0.0517. The summed E-state index contributed by atoms with van der Waals surface area (Å²) in [4.78, 5) is 14.9. The standard InChI is InChI=1S/C29H18N4O/c34-29-21-11-3-7-15-25(21)32(26-16-8-4-12-22(26)29)27-17-18-28(20-10-2-1-9-19(20)27)33-30-23-13-5-6-14-24(23)31-33/h1-18H. The monoisotopic (exact) mass is 438 g/mol.